The van der Waals surface area contributed by atoms with E-state index in [-0.39, 0.29) is 0 Å². The van der Waals surface area contributed by atoms with Crippen molar-refractivity contribution < 1.29 is 0 Å². The number of hydrogen-bond acceptors (Lipinski definition) is 0. The topological polar surface area (TPSA) is 0 Å². The Bertz CT molecular complexity index is 238. The van der Waals surface area contributed by atoms with E-state index < -0.39 is 0 Å². The third-order valence-corrected chi connectivity index (χ3v) is 5.34. The molecule has 1 aliphatic rings. The molecule has 0 bridgehead atoms. The lowest BCUT2D eigenvalue weighted by atomic mass is 9.61. The average molecular weight is 238 g/mol. The molecule has 0 heterocycles. The van der Waals surface area contributed by atoms with E-state index in [9.17, 15) is 0 Å². The molecular formula is C17H34. The molecule has 102 valence electrons. The summed E-state index contributed by atoms with van der Waals surface area (Å²) >= 11 is 0. The van der Waals surface area contributed by atoms with Crippen LogP contribution in [0.5, 0.6) is 0 Å². The van der Waals surface area contributed by atoms with Crippen molar-refractivity contribution in [2.24, 2.45) is 22.2 Å². The predicted molar refractivity (Wildman–Crippen MR) is 78.2 cm³/mol. The maximum absolute atomic E-state index is 2.54. The lowest BCUT2D eigenvalue weighted by Crippen LogP contribution is -2.36. The zero-order chi connectivity index (χ0) is 13.3. The van der Waals surface area contributed by atoms with Gasteiger partial charge >= 0.3 is 0 Å². The molecule has 0 amide bonds. The van der Waals surface area contributed by atoms with Crippen molar-refractivity contribution in [1.82, 2.24) is 0 Å². The first-order valence-electron chi connectivity index (χ1n) is 7.56. The SMILES string of the molecule is CC(C)(C)CCCC1CCCC1(C)C(C)(C)C. The molecule has 1 fully saturated rings. The van der Waals surface area contributed by atoms with E-state index in [2.05, 4.69) is 48.5 Å². The van der Waals surface area contributed by atoms with Crippen molar-refractivity contribution in [3.63, 3.8) is 0 Å². The van der Waals surface area contributed by atoms with Gasteiger partial charge in [-0.1, -0.05) is 61.3 Å². The van der Waals surface area contributed by atoms with Crippen molar-refractivity contribution in [2.45, 2.75) is 87.0 Å². The molecule has 0 aromatic carbocycles. The molecule has 0 N–H and O–H groups in total. The Kier molecular flexibility index (Phi) is 4.37. The summed E-state index contributed by atoms with van der Waals surface area (Å²) < 4.78 is 0. The molecular weight excluding hydrogens is 204 g/mol. The van der Waals surface area contributed by atoms with Crippen LogP contribution in [0.4, 0.5) is 0 Å². The first-order valence-corrected chi connectivity index (χ1v) is 7.56. The summed E-state index contributed by atoms with van der Waals surface area (Å²) in [4.78, 5) is 0. The predicted octanol–water partition coefficient (Wildman–Crippen LogP) is 6.06. The van der Waals surface area contributed by atoms with Crippen LogP contribution in [0, 0.1) is 22.2 Å². The third kappa shape index (κ3) is 3.73. The van der Waals surface area contributed by atoms with Gasteiger partial charge in [0.15, 0.2) is 0 Å². The molecule has 1 aliphatic carbocycles. The minimum absolute atomic E-state index is 0.468. The highest BCUT2D eigenvalue weighted by molar-refractivity contribution is 4.96. The highest BCUT2D eigenvalue weighted by atomic mass is 14.5. The van der Waals surface area contributed by atoms with Crippen LogP contribution in [0.15, 0.2) is 0 Å². The van der Waals surface area contributed by atoms with Crippen LogP contribution in [0.2, 0.25) is 0 Å². The van der Waals surface area contributed by atoms with Crippen LogP contribution >= 0.6 is 0 Å². The van der Waals surface area contributed by atoms with Gasteiger partial charge in [0.25, 0.3) is 0 Å². The minimum Gasteiger partial charge on any atom is -0.0602 e. The van der Waals surface area contributed by atoms with Crippen molar-refractivity contribution >= 4 is 0 Å². The molecule has 1 saturated carbocycles. The first kappa shape index (κ1) is 15.1. The van der Waals surface area contributed by atoms with Gasteiger partial charge in [-0.25, -0.2) is 0 Å². The molecule has 0 aromatic rings. The second kappa shape index (κ2) is 4.94. The van der Waals surface area contributed by atoms with E-state index >= 15 is 0 Å². The Balaban J connectivity index is 2.53. The molecule has 0 spiro atoms. The van der Waals surface area contributed by atoms with E-state index in [0.717, 1.165) is 5.92 Å². The van der Waals surface area contributed by atoms with Gasteiger partial charge in [0, 0.05) is 0 Å². The Morgan fingerprint density at radius 2 is 1.65 bits per heavy atom. The Morgan fingerprint density at radius 3 is 2.12 bits per heavy atom. The van der Waals surface area contributed by atoms with Gasteiger partial charge in [0.2, 0.25) is 0 Å². The summed E-state index contributed by atoms with van der Waals surface area (Å²) in [6.07, 6.45) is 8.61. The summed E-state index contributed by atoms with van der Waals surface area (Å²) in [5.41, 5.74) is 1.55. The van der Waals surface area contributed by atoms with Crippen LogP contribution in [0.25, 0.3) is 0 Å². The van der Waals surface area contributed by atoms with Crippen LogP contribution in [0.1, 0.15) is 87.0 Å². The molecule has 17 heavy (non-hydrogen) atoms. The quantitative estimate of drug-likeness (QED) is 0.561. The fourth-order valence-electron chi connectivity index (χ4n) is 3.57. The van der Waals surface area contributed by atoms with Crippen LogP contribution in [0.3, 0.4) is 0 Å². The molecule has 0 aromatic heterocycles. The van der Waals surface area contributed by atoms with Crippen molar-refractivity contribution in [1.29, 1.82) is 0 Å². The molecule has 0 aliphatic heterocycles. The summed E-state index contributed by atoms with van der Waals surface area (Å²) in [5, 5.41) is 0. The second-order valence-corrected chi connectivity index (χ2v) is 8.71. The summed E-state index contributed by atoms with van der Waals surface area (Å²) in [6, 6.07) is 0. The highest BCUT2D eigenvalue weighted by Crippen LogP contribution is 2.55. The lowest BCUT2D eigenvalue weighted by molar-refractivity contribution is 0.0532. The van der Waals surface area contributed by atoms with Gasteiger partial charge in [0.1, 0.15) is 0 Å². The lowest BCUT2D eigenvalue weighted by Gasteiger charge is -2.44. The average Bonchev–Trinajstić information content (AvgIpc) is 2.46. The van der Waals surface area contributed by atoms with Crippen molar-refractivity contribution in [3.8, 4) is 0 Å². The molecule has 0 saturated heterocycles. The van der Waals surface area contributed by atoms with E-state index in [1.54, 1.807) is 0 Å². The molecule has 0 radical (unpaired) electrons. The largest absolute Gasteiger partial charge is 0.0602 e. The maximum atomic E-state index is 2.54. The van der Waals surface area contributed by atoms with Gasteiger partial charge in [-0.15, -0.1) is 0 Å². The van der Waals surface area contributed by atoms with E-state index in [0.29, 0.717) is 16.2 Å². The first-order chi connectivity index (χ1) is 7.56. The smallest absolute Gasteiger partial charge is 0.0249 e. The van der Waals surface area contributed by atoms with Gasteiger partial charge < -0.3 is 0 Å². The fraction of sp³-hybridized carbons (Fsp3) is 1.00. The van der Waals surface area contributed by atoms with E-state index in [1.165, 1.54) is 38.5 Å². The van der Waals surface area contributed by atoms with E-state index in [4.69, 9.17) is 0 Å². The van der Waals surface area contributed by atoms with Crippen LogP contribution < -0.4 is 0 Å². The molecule has 2 unspecified atom stereocenters. The Morgan fingerprint density at radius 1 is 1.06 bits per heavy atom. The minimum atomic E-state index is 0.468. The van der Waals surface area contributed by atoms with Crippen molar-refractivity contribution in [3.05, 3.63) is 0 Å². The number of rotatable bonds is 3. The molecule has 1 rings (SSSR count). The summed E-state index contributed by atoms with van der Waals surface area (Å²) in [5.74, 6) is 0.963. The molecule has 2 atom stereocenters. The zero-order valence-corrected chi connectivity index (χ0v) is 13.3. The van der Waals surface area contributed by atoms with Gasteiger partial charge in [0.05, 0.1) is 0 Å². The van der Waals surface area contributed by atoms with E-state index in [1.807, 2.05) is 0 Å². The Hall–Kier alpha value is 0. The Labute approximate surface area is 110 Å². The fourth-order valence-corrected chi connectivity index (χ4v) is 3.57. The second-order valence-electron chi connectivity index (χ2n) is 8.71. The molecule has 0 nitrogen and oxygen atoms in total. The third-order valence-electron chi connectivity index (χ3n) is 5.34. The normalized spacial score (nSPS) is 30.9. The van der Waals surface area contributed by atoms with Crippen molar-refractivity contribution in [2.75, 3.05) is 0 Å². The monoisotopic (exact) mass is 238 g/mol. The van der Waals surface area contributed by atoms with Gasteiger partial charge in [-0.05, 0) is 47.8 Å². The van der Waals surface area contributed by atoms with Gasteiger partial charge in [-0.3, -0.25) is 0 Å². The maximum Gasteiger partial charge on any atom is -0.0249 e. The number of hydrogen-bond donors (Lipinski definition) is 0. The summed E-state index contributed by atoms with van der Waals surface area (Å²) in [6.45, 7) is 17.0. The van der Waals surface area contributed by atoms with Gasteiger partial charge in [-0.2, -0.15) is 0 Å². The zero-order valence-electron chi connectivity index (χ0n) is 13.3. The molecule has 0 heteroatoms. The van der Waals surface area contributed by atoms with Crippen LogP contribution in [-0.4, -0.2) is 0 Å². The highest BCUT2D eigenvalue weighted by Gasteiger charge is 2.46. The standard InChI is InChI=1S/C17H34/c1-15(2,3)12-8-10-14-11-9-13-17(14,7)16(4,5)6/h14H,8-13H2,1-7H3. The van der Waals surface area contributed by atoms with Crippen LogP contribution in [-0.2, 0) is 0 Å². The summed E-state index contributed by atoms with van der Waals surface area (Å²) in [7, 11) is 0.